The summed E-state index contributed by atoms with van der Waals surface area (Å²) in [5.41, 5.74) is 8.56. The van der Waals surface area contributed by atoms with Crippen LogP contribution >= 0.6 is 0 Å². The van der Waals surface area contributed by atoms with Crippen LogP contribution < -0.4 is 15.4 Å². The summed E-state index contributed by atoms with van der Waals surface area (Å²) in [6, 6.07) is 34.3. The van der Waals surface area contributed by atoms with E-state index in [1.807, 2.05) is 68.1 Å². The van der Waals surface area contributed by atoms with Crippen molar-refractivity contribution in [1.82, 2.24) is 40.4 Å². The van der Waals surface area contributed by atoms with Crippen LogP contribution in [-0.4, -0.2) is 93.1 Å². The summed E-state index contributed by atoms with van der Waals surface area (Å²) in [6.45, 7) is 9.31. The Balaban J connectivity index is 0.928. The molecule has 4 heterocycles. The molecule has 15 nitrogen and oxygen atoms in total. The molecule has 0 bridgehead atoms. The molecular formula is C56H64N8O7. The van der Waals surface area contributed by atoms with Crippen molar-refractivity contribution in [2.75, 3.05) is 27.3 Å². The van der Waals surface area contributed by atoms with E-state index in [4.69, 9.17) is 24.2 Å². The summed E-state index contributed by atoms with van der Waals surface area (Å²) >= 11 is 0. The van der Waals surface area contributed by atoms with Crippen LogP contribution in [0.15, 0.2) is 116 Å². The smallest absolute Gasteiger partial charge is 0.407 e. The molecule has 370 valence electrons. The molecule has 71 heavy (non-hydrogen) atoms. The molecule has 0 spiro atoms. The molecule has 2 aromatic heterocycles. The minimum absolute atomic E-state index is 0.120. The number of hydrogen-bond donors (Lipinski definition) is 4. The van der Waals surface area contributed by atoms with Crippen molar-refractivity contribution in [3.05, 3.63) is 149 Å². The van der Waals surface area contributed by atoms with Crippen LogP contribution in [0.5, 0.6) is 5.75 Å². The van der Waals surface area contributed by atoms with Gasteiger partial charge < -0.3 is 44.6 Å². The number of carbonyl (C=O) groups is 4. The van der Waals surface area contributed by atoms with Crippen LogP contribution in [0.2, 0.25) is 0 Å². The zero-order valence-electron chi connectivity index (χ0n) is 41.3. The van der Waals surface area contributed by atoms with Gasteiger partial charge in [-0.25, -0.2) is 19.6 Å². The normalized spacial score (nSPS) is 20.4. The average molecular weight is 961 g/mol. The third kappa shape index (κ3) is 10.5. The van der Waals surface area contributed by atoms with Crippen molar-refractivity contribution >= 4 is 24.0 Å². The molecule has 4 N–H and O–H groups in total. The Kier molecular flexibility index (Phi) is 14.6. The highest BCUT2D eigenvalue weighted by molar-refractivity contribution is 5.87. The number of nitrogens with zero attached hydrogens (tertiary/aromatic N) is 4. The van der Waals surface area contributed by atoms with Gasteiger partial charge in [-0.1, -0.05) is 119 Å². The van der Waals surface area contributed by atoms with Crippen molar-refractivity contribution in [2.24, 2.45) is 11.8 Å². The first-order valence-corrected chi connectivity index (χ1v) is 24.8. The number of aromatic nitrogens is 4. The first kappa shape index (κ1) is 48.6. The minimum Gasteiger partial charge on any atom is -0.489 e. The number of ether oxygens (including phenoxy) is 3. The molecule has 3 aliphatic rings. The van der Waals surface area contributed by atoms with Gasteiger partial charge in [-0.05, 0) is 101 Å². The lowest BCUT2D eigenvalue weighted by molar-refractivity contribution is -0.136. The first-order chi connectivity index (χ1) is 34.4. The monoisotopic (exact) mass is 960 g/mol. The lowest BCUT2D eigenvalue weighted by Crippen LogP contribution is -2.51. The number of imidazole rings is 2. The number of aromatic amines is 2. The molecule has 0 radical (unpaired) electrons. The Morgan fingerprint density at radius 1 is 0.592 bits per heavy atom. The van der Waals surface area contributed by atoms with E-state index in [0.717, 1.165) is 71.2 Å². The van der Waals surface area contributed by atoms with Crippen LogP contribution in [0.3, 0.4) is 0 Å². The molecular weight excluding hydrogens is 897 g/mol. The van der Waals surface area contributed by atoms with E-state index >= 15 is 0 Å². The SMILES string of the molecule is COC(=O)N[C@H](C(=O)N1CCC[C@H]1c1ncc(-c2ccc(C3C(c4ccc(OCc5ccccc5)cc4)C3c3ccc(-c4cnc([C@@H]5CCCN5C(=O)[C@@H](NC(=O)OC)C(C)C)[nH]4)cc3)cc2)[nH]1)C(C)C. The van der Waals surface area contributed by atoms with E-state index in [0.29, 0.717) is 19.7 Å². The summed E-state index contributed by atoms with van der Waals surface area (Å²) in [5, 5.41) is 5.45. The second-order valence-corrected chi connectivity index (χ2v) is 19.6. The van der Waals surface area contributed by atoms with Crippen LogP contribution in [0.4, 0.5) is 9.59 Å². The van der Waals surface area contributed by atoms with Crippen LogP contribution in [-0.2, 0) is 25.7 Å². The predicted molar refractivity (Wildman–Crippen MR) is 269 cm³/mol. The largest absolute Gasteiger partial charge is 0.489 e. The number of alkyl carbamates (subject to hydrolysis) is 2. The second-order valence-electron chi connectivity index (χ2n) is 19.6. The number of carbonyl (C=O) groups excluding carboxylic acids is 4. The molecule has 6 atom stereocenters. The van der Waals surface area contributed by atoms with E-state index in [9.17, 15) is 19.2 Å². The Morgan fingerprint density at radius 2 is 1.00 bits per heavy atom. The van der Waals surface area contributed by atoms with Gasteiger partial charge in [0.25, 0.3) is 0 Å². The first-order valence-electron chi connectivity index (χ1n) is 24.8. The lowest BCUT2D eigenvalue weighted by Gasteiger charge is -2.30. The third-order valence-electron chi connectivity index (χ3n) is 14.4. The van der Waals surface area contributed by atoms with E-state index in [1.165, 1.54) is 30.9 Å². The molecule has 4 aromatic carbocycles. The molecule has 2 aliphatic heterocycles. The van der Waals surface area contributed by atoms with Crippen molar-refractivity contribution in [3.63, 3.8) is 0 Å². The minimum atomic E-state index is -0.704. The maximum absolute atomic E-state index is 13.8. The summed E-state index contributed by atoms with van der Waals surface area (Å²) in [7, 11) is 2.59. The Morgan fingerprint density at radius 3 is 1.39 bits per heavy atom. The molecule has 9 rings (SSSR count). The fraction of sp³-hybridized carbons (Fsp3) is 0.393. The van der Waals surface area contributed by atoms with Gasteiger partial charge in [0, 0.05) is 13.1 Å². The summed E-state index contributed by atoms with van der Waals surface area (Å²) in [6.07, 6.45) is 5.64. The standard InChI is InChI=1S/C56H64N8O7/c1-33(2)49(61-55(67)69-5)53(65)63-28-10-14-44(63)51-57-30-42(59-51)36-16-20-38(21-17-36)46-47(48(46)40-24-26-41(27-25-40)71-32-35-12-8-7-9-13-35)39-22-18-37(19-23-39)43-31-58-52(60-43)45-15-11-29-64(45)54(66)50(34(3)4)62-56(68)70-6/h7-9,12-13,16-27,30-31,33-34,44-50H,10-11,14-15,28-29,32H2,1-6H3,(H,57,59)(H,58,60)(H,61,67)(H,62,68)/t44-,45-,46?,47?,48?,49-,50-/m0/s1. The van der Waals surface area contributed by atoms with Gasteiger partial charge in [0.05, 0.1) is 50.1 Å². The molecule has 1 saturated carbocycles. The topological polar surface area (TPSA) is 184 Å². The van der Waals surface area contributed by atoms with Gasteiger partial charge in [-0.3, -0.25) is 9.59 Å². The maximum atomic E-state index is 13.8. The van der Waals surface area contributed by atoms with Gasteiger partial charge in [0.2, 0.25) is 11.8 Å². The number of likely N-dealkylation sites (tertiary alicyclic amines) is 2. The number of benzene rings is 4. The fourth-order valence-corrected chi connectivity index (χ4v) is 10.5. The molecule has 1 aliphatic carbocycles. The average Bonchev–Trinajstić information content (AvgIpc) is 4.03. The summed E-state index contributed by atoms with van der Waals surface area (Å²) in [5.74, 6) is 2.43. The van der Waals surface area contributed by atoms with Gasteiger partial charge in [-0.15, -0.1) is 0 Å². The zero-order valence-corrected chi connectivity index (χ0v) is 41.3. The molecule has 2 saturated heterocycles. The fourth-order valence-electron chi connectivity index (χ4n) is 10.5. The number of methoxy groups -OCH3 is 2. The number of nitrogens with one attached hydrogen (secondary N) is 4. The highest BCUT2D eigenvalue weighted by Gasteiger charge is 2.52. The quantitative estimate of drug-likeness (QED) is 0.0734. The zero-order chi connectivity index (χ0) is 49.8. The molecule has 2 unspecified atom stereocenters. The van der Waals surface area contributed by atoms with Crippen molar-refractivity contribution in [1.29, 1.82) is 0 Å². The number of H-pyrrole nitrogens is 2. The molecule has 15 heteroatoms. The lowest BCUT2D eigenvalue weighted by atomic mass is 10.0. The number of rotatable bonds is 16. The van der Waals surface area contributed by atoms with Crippen molar-refractivity contribution < 1.29 is 33.4 Å². The van der Waals surface area contributed by atoms with E-state index < -0.39 is 24.3 Å². The highest BCUT2D eigenvalue weighted by atomic mass is 16.5. The van der Waals surface area contributed by atoms with Crippen molar-refractivity contribution in [2.45, 2.75) is 102 Å². The summed E-state index contributed by atoms with van der Waals surface area (Å²) < 4.78 is 15.8. The highest BCUT2D eigenvalue weighted by Crippen LogP contribution is 2.66. The molecule has 3 fully saturated rings. The van der Waals surface area contributed by atoms with Gasteiger partial charge in [-0.2, -0.15) is 0 Å². The van der Waals surface area contributed by atoms with Gasteiger partial charge in [0.15, 0.2) is 0 Å². The maximum Gasteiger partial charge on any atom is 0.407 e. The second kappa shape index (κ2) is 21.3. The third-order valence-corrected chi connectivity index (χ3v) is 14.4. The predicted octanol–water partition coefficient (Wildman–Crippen LogP) is 9.80. The summed E-state index contributed by atoms with van der Waals surface area (Å²) in [4.78, 5) is 72.0. The van der Waals surface area contributed by atoms with E-state index in [1.54, 1.807) is 0 Å². The van der Waals surface area contributed by atoms with E-state index in [2.05, 4.69) is 106 Å². The van der Waals surface area contributed by atoms with Crippen molar-refractivity contribution in [3.8, 4) is 28.3 Å². The Labute approximate surface area is 415 Å². The van der Waals surface area contributed by atoms with Crippen LogP contribution in [0.1, 0.15) is 117 Å². The number of amides is 4. The molecule has 6 aromatic rings. The van der Waals surface area contributed by atoms with Gasteiger partial charge >= 0.3 is 12.2 Å². The van der Waals surface area contributed by atoms with Gasteiger partial charge in [0.1, 0.15) is 36.1 Å². The number of hydrogen-bond acceptors (Lipinski definition) is 9. The molecule has 4 amide bonds. The van der Waals surface area contributed by atoms with Crippen LogP contribution in [0, 0.1) is 11.8 Å². The van der Waals surface area contributed by atoms with E-state index in [-0.39, 0.29) is 53.5 Å². The Bertz CT molecular complexity index is 2640. The Hall–Kier alpha value is -7.42. The van der Waals surface area contributed by atoms with Crippen LogP contribution in [0.25, 0.3) is 22.5 Å².